The van der Waals surface area contributed by atoms with Gasteiger partial charge in [-0.15, -0.1) is 0 Å². The molecule has 0 N–H and O–H groups in total. The van der Waals surface area contributed by atoms with Gasteiger partial charge in [-0.05, 0) is 38.5 Å². The Morgan fingerprint density at radius 2 is 2.20 bits per heavy atom. The van der Waals surface area contributed by atoms with Crippen molar-refractivity contribution in [1.29, 1.82) is 0 Å². The van der Waals surface area contributed by atoms with Crippen molar-refractivity contribution in [3.63, 3.8) is 0 Å². The smallest absolute Gasteiger partial charge is 0.252 e. The van der Waals surface area contributed by atoms with Crippen molar-refractivity contribution in [2.45, 2.75) is 26.5 Å². The van der Waals surface area contributed by atoms with Crippen LogP contribution in [0.15, 0.2) is 41.6 Å². The van der Waals surface area contributed by atoms with Gasteiger partial charge in [-0.1, -0.05) is 17.3 Å². The number of hydrogen-bond acceptors (Lipinski definition) is 6. The molecular formula is C14H17N3O3. The molecule has 0 unspecified atom stereocenters. The van der Waals surface area contributed by atoms with Crippen LogP contribution in [0.4, 0.5) is 5.69 Å². The van der Waals surface area contributed by atoms with Gasteiger partial charge in [0.15, 0.2) is 6.34 Å². The molecule has 2 aliphatic heterocycles. The molecule has 0 amide bonds. The predicted molar refractivity (Wildman–Crippen MR) is 74.3 cm³/mol. The largest absolute Gasteiger partial charge is 0.459 e. The zero-order valence-electron chi connectivity index (χ0n) is 11.7. The minimum atomic E-state index is -0.601. The molecule has 0 radical (unpaired) electrons. The first-order valence-electron chi connectivity index (χ1n) is 6.40. The van der Waals surface area contributed by atoms with Crippen LogP contribution >= 0.6 is 0 Å². The molecule has 0 saturated carbocycles. The molecule has 2 heterocycles. The number of anilines is 1. The lowest BCUT2D eigenvalue weighted by Gasteiger charge is -2.38. The molecule has 1 aromatic carbocycles. The lowest BCUT2D eigenvalue weighted by molar-refractivity contribution is -0.0742. The first-order chi connectivity index (χ1) is 9.58. The Bertz CT molecular complexity index is 569. The van der Waals surface area contributed by atoms with Crippen molar-refractivity contribution in [2.75, 3.05) is 11.8 Å². The molecular weight excluding hydrogens is 258 g/mol. The number of rotatable bonds is 3. The number of aryl methyl sites for hydroxylation is 1. The summed E-state index contributed by atoms with van der Waals surface area (Å²) in [7, 11) is 0. The fraction of sp³-hybridized carbons (Fsp3) is 0.357. The van der Waals surface area contributed by atoms with Gasteiger partial charge >= 0.3 is 0 Å². The maximum atomic E-state index is 5.52. The molecule has 0 spiro atoms. The standard InChI is InChI=1S/C14H17N3O3/c1-11-5-4-6-12(7-11)17(13-8-18-10-19-13)16-9-15-20-14(16,2)3/h4-9H,10H2,1-3H3. The van der Waals surface area contributed by atoms with Crippen molar-refractivity contribution in [2.24, 2.45) is 5.16 Å². The number of oxime groups is 1. The van der Waals surface area contributed by atoms with Gasteiger partial charge in [0.2, 0.25) is 12.5 Å². The maximum absolute atomic E-state index is 5.52. The van der Waals surface area contributed by atoms with Gasteiger partial charge in [0, 0.05) is 0 Å². The van der Waals surface area contributed by atoms with E-state index in [-0.39, 0.29) is 6.79 Å². The third kappa shape index (κ3) is 2.13. The van der Waals surface area contributed by atoms with Gasteiger partial charge in [0.05, 0.1) is 5.69 Å². The molecule has 6 heteroatoms. The highest BCUT2D eigenvalue weighted by Gasteiger charge is 2.39. The summed E-state index contributed by atoms with van der Waals surface area (Å²) in [5.41, 5.74) is 1.50. The highest BCUT2D eigenvalue weighted by atomic mass is 16.7. The van der Waals surface area contributed by atoms with Crippen LogP contribution < -0.4 is 5.01 Å². The molecule has 0 fully saturated rings. The van der Waals surface area contributed by atoms with Crippen LogP contribution in [0, 0.1) is 6.92 Å². The number of benzene rings is 1. The minimum absolute atomic E-state index is 0.212. The summed E-state index contributed by atoms with van der Waals surface area (Å²) in [4.78, 5) is 5.38. The molecule has 2 aliphatic rings. The molecule has 20 heavy (non-hydrogen) atoms. The van der Waals surface area contributed by atoms with Gasteiger partial charge in [-0.2, -0.15) is 0 Å². The fourth-order valence-corrected chi connectivity index (χ4v) is 2.13. The van der Waals surface area contributed by atoms with Crippen LogP contribution in [0.25, 0.3) is 0 Å². The topological polar surface area (TPSA) is 46.5 Å². The van der Waals surface area contributed by atoms with E-state index in [1.165, 1.54) is 0 Å². The van der Waals surface area contributed by atoms with E-state index >= 15 is 0 Å². The van der Waals surface area contributed by atoms with Crippen molar-refractivity contribution < 1.29 is 14.3 Å². The van der Waals surface area contributed by atoms with Crippen molar-refractivity contribution in [3.05, 3.63) is 42.0 Å². The minimum Gasteiger partial charge on any atom is -0.459 e. The second kappa shape index (κ2) is 4.63. The Morgan fingerprint density at radius 3 is 2.80 bits per heavy atom. The first-order valence-corrected chi connectivity index (χ1v) is 6.40. The molecule has 0 aliphatic carbocycles. The van der Waals surface area contributed by atoms with Crippen LogP contribution in [0.2, 0.25) is 0 Å². The van der Waals surface area contributed by atoms with Gasteiger partial charge in [-0.25, -0.2) is 10.0 Å². The van der Waals surface area contributed by atoms with E-state index in [4.69, 9.17) is 14.3 Å². The average molecular weight is 275 g/mol. The number of hydrogen-bond donors (Lipinski definition) is 0. The van der Waals surface area contributed by atoms with Crippen LogP contribution in [0.1, 0.15) is 19.4 Å². The Hall–Kier alpha value is -2.37. The van der Waals surface area contributed by atoms with E-state index < -0.39 is 5.72 Å². The summed E-state index contributed by atoms with van der Waals surface area (Å²) in [5.74, 6) is 0.598. The quantitative estimate of drug-likeness (QED) is 0.848. The van der Waals surface area contributed by atoms with E-state index in [9.17, 15) is 0 Å². The van der Waals surface area contributed by atoms with E-state index in [0.717, 1.165) is 11.3 Å². The first kappa shape index (κ1) is 12.7. The maximum Gasteiger partial charge on any atom is 0.252 e. The zero-order chi connectivity index (χ0) is 14.2. The lowest BCUT2D eigenvalue weighted by atomic mass is 10.2. The van der Waals surface area contributed by atoms with Gasteiger partial charge in [-0.3, -0.25) is 0 Å². The molecule has 6 nitrogen and oxygen atoms in total. The van der Waals surface area contributed by atoms with E-state index in [1.54, 1.807) is 12.6 Å². The molecule has 0 aromatic heterocycles. The second-order valence-corrected chi connectivity index (χ2v) is 5.14. The van der Waals surface area contributed by atoms with Gasteiger partial charge < -0.3 is 14.3 Å². The lowest BCUT2D eigenvalue weighted by Crippen LogP contribution is -2.51. The Balaban J connectivity index is 2.02. The highest BCUT2D eigenvalue weighted by molar-refractivity contribution is 5.64. The third-order valence-corrected chi connectivity index (χ3v) is 3.11. The van der Waals surface area contributed by atoms with Crippen molar-refractivity contribution >= 4 is 12.0 Å². The van der Waals surface area contributed by atoms with Crippen molar-refractivity contribution in [3.8, 4) is 0 Å². The number of ether oxygens (including phenoxy) is 2. The SMILES string of the molecule is Cc1cccc(N(C2=COCO2)N2C=NOC2(C)C)c1. The molecule has 3 rings (SSSR count). The van der Waals surface area contributed by atoms with Crippen LogP contribution in [-0.2, 0) is 14.3 Å². The predicted octanol–water partition coefficient (Wildman–Crippen LogP) is 2.53. The summed E-state index contributed by atoms with van der Waals surface area (Å²) >= 11 is 0. The summed E-state index contributed by atoms with van der Waals surface area (Å²) < 4.78 is 10.7. The van der Waals surface area contributed by atoms with Crippen LogP contribution in [0.3, 0.4) is 0 Å². The Morgan fingerprint density at radius 1 is 1.35 bits per heavy atom. The highest BCUT2D eigenvalue weighted by Crippen LogP contribution is 2.31. The summed E-state index contributed by atoms with van der Waals surface area (Å²) in [6.45, 7) is 6.12. The molecule has 0 saturated heterocycles. The Kier molecular flexibility index (Phi) is 2.93. The summed E-state index contributed by atoms with van der Waals surface area (Å²) in [6, 6.07) is 8.10. The average Bonchev–Trinajstić information content (AvgIpc) is 3.01. The number of nitrogens with zero attached hydrogens (tertiary/aromatic N) is 3. The molecule has 106 valence electrons. The van der Waals surface area contributed by atoms with Crippen molar-refractivity contribution in [1.82, 2.24) is 5.01 Å². The van der Waals surface area contributed by atoms with E-state index in [0.29, 0.717) is 5.88 Å². The van der Waals surface area contributed by atoms with Crippen LogP contribution in [-0.4, -0.2) is 23.9 Å². The van der Waals surface area contributed by atoms with Gasteiger partial charge in [0.25, 0.3) is 5.88 Å². The molecule has 1 aromatic rings. The molecule has 0 atom stereocenters. The zero-order valence-corrected chi connectivity index (χ0v) is 11.7. The second-order valence-electron chi connectivity index (χ2n) is 5.14. The monoisotopic (exact) mass is 275 g/mol. The Labute approximate surface area is 117 Å². The van der Waals surface area contributed by atoms with E-state index in [1.807, 2.05) is 49.0 Å². The van der Waals surface area contributed by atoms with Gasteiger partial charge in [0.1, 0.15) is 6.26 Å². The normalized spacial score (nSPS) is 19.1. The summed E-state index contributed by atoms with van der Waals surface area (Å²) in [5, 5.41) is 7.64. The summed E-state index contributed by atoms with van der Waals surface area (Å²) in [6.07, 6.45) is 3.22. The fourth-order valence-electron chi connectivity index (χ4n) is 2.13. The van der Waals surface area contributed by atoms with E-state index in [2.05, 4.69) is 11.2 Å². The van der Waals surface area contributed by atoms with Crippen LogP contribution in [0.5, 0.6) is 0 Å². The number of hydrazine groups is 1. The molecule has 0 bridgehead atoms. The third-order valence-electron chi connectivity index (χ3n) is 3.11.